The van der Waals surface area contributed by atoms with Crippen LogP contribution in [0.1, 0.15) is 37.7 Å². The molecule has 7 heteroatoms. The van der Waals surface area contributed by atoms with Crippen molar-refractivity contribution in [3.63, 3.8) is 0 Å². The van der Waals surface area contributed by atoms with Gasteiger partial charge in [-0.05, 0) is 50.8 Å². The molecule has 1 aliphatic carbocycles. The molecule has 2 fully saturated rings. The molecule has 0 atom stereocenters. The summed E-state index contributed by atoms with van der Waals surface area (Å²) in [6.45, 7) is 0.611. The highest BCUT2D eigenvalue weighted by molar-refractivity contribution is 5.89. The van der Waals surface area contributed by atoms with E-state index in [-0.39, 0.29) is 41.8 Å². The van der Waals surface area contributed by atoms with Gasteiger partial charge in [0.25, 0.3) is 0 Å². The van der Waals surface area contributed by atoms with Gasteiger partial charge in [-0.15, -0.1) is 0 Å². The zero-order valence-electron chi connectivity index (χ0n) is 18.6. The van der Waals surface area contributed by atoms with Crippen LogP contribution in [0.25, 0.3) is 0 Å². The van der Waals surface area contributed by atoms with Crippen molar-refractivity contribution >= 4 is 17.7 Å². The Balaban J connectivity index is 1.61. The van der Waals surface area contributed by atoms with E-state index in [4.69, 9.17) is 0 Å². The maximum absolute atomic E-state index is 12.7. The second-order valence-electron chi connectivity index (χ2n) is 9.28. The van der Waals surface area contributed by atoms with E-state index in [0.29, 0.717) is 13.0 Å². The fourth-order valence-corrected chi connectivity index (χ4v) is 4.96. The molecule has 3 amide bonds. The number of rotatable bonds is 6. The lowest BCUT2D eigenvalue weighted by Gasteiger charge is -2.48. The number of nitrogens with one attached hydrogen (secondary N) is 1. The van der Waals surface area contributed by atoms with E-state index < -0.39 is 0 Å². The van der Waals surface area contributed by atoms with Gasteiger partial charge in [0.1, 0.15) is 0 Å². The first-order chi connectivity index (χ1) is 14.2. The molecule has 1 aliphatic heterocycles. The molecule has 1 spiro atoms. The summed E-state index contributed by atoms with van der Waals surface area (Å²) >= 11 is 0. The normalized spacial score (nSPS) is 26.3. The summed E-state index contributed by atoms with van der Waals surface area (Å²) in [6, 6.07) is 10.6. The topological polar surface area (TPSA) is 73.0 Å². The number of likely N-dealkylation sites (tertiary alicyclic amines) is 1. The van der Waals surface area contributed by atoms with Gasteiger partial charge in [-0.2, -0.15) is 0 Å². The number of carbonyl (C=O) groups excluding carboxylic acids is 3. The van der Waals surface area contributed by atoms with Gasteiger partial charge in [0.2, 0.25) is 17.7 Å². The average molecular weight is 415 g/mol. The first-order valence-electron chi connectivity index (χ1n) is 10.7. The molecule has 1 heterocycles. The third-order valence-corrected chi connectivity index (χ3v) is 6.98. The van der Waals surface area contributed by atoms with Crippen molar-refractivity contribution in [2.45, 2.75) is 37.6 Å². The predicted octanol–water partition coefficient (Wildman–Crippen LogP) is 1.44. The summed E-state index contributed by atoms with van der Waals surface area (Å²) in [4.78, 5) is 42.0. The van der Waals surface area contributed by atoms with E-state index >= 15 is 0 Å². The van der Waals surface area contributed by atoms with E-state index in [1.807, 2.05) is 6.07 Å². The number of nitrogens with zero attached hydrogens (tertiary/aromatic N) is 3. The van der Waals surface area contributed by atoms with Crippen molar-refractivity contribution < 1.29 is 14.4 Å². The van der Waals surface area contributed by atoms with Crippen molar-refractivity contribution in [1.29, 1.82) is 0 Å². The smallest absolute Gasteiger partial charge is 0.241 e. The van der Waals surface area contributed by atoms with Gasteiger partial charge >= 0.3 is 0 Å². The first kappa shape index (κ1) is 22.3. The second kappa shape index (κ2) is 8.76. The van der Waals surface area contributed by atoms with Crippen molar-refractivity contribution in [1.82, 2.24) is 20.0 Å². The quantitative estimate of drug-likeness (QED) is 0.765. The van der Waals surface area contributed by atoms with Crippen LogP contribution >= 0.6 is 0 Å². The van der Waals surface area contributed by atoms with Gasteiger partial charge in [-0.1, -0.05) is 30.3 Å². The fourth-order valence-electron chi connectivity index (χ4n) is 4.96. The molecule has 1 N–H and O–H groups in total. The number of benzene rings is 1. The predicted molar refractivity (Wildman–Crippen MR) is 116 cm³/mol. The highest BCUT2D eigenvalue weighted by Gasteiger charge is 2.50. The Morgan fingerprint density at radius 1 is 1.03 bits per heavy atom. The standard InChI is InChI=1S/C23H34N4O3/c1-25(2)21(30)15-24-19(28)16-27-17-22(14-20(27)29)10-12-23(13-11-22,26(3)4)18-8-6-5-7-9-18/h5-9H,10-17H2,1-4H3,(H,24,28). The van der Waals surface area contributed by atoms with Crippen molar-refractivity contribution in [2.24, 2.45) is 5.41 Å². The molecule has 30 heavy (non-hydrogen) atoms. The van der Waals surface area contributed by atoms with E-state index in [2.05, 4.69) is 48.6 Å². The van der Waals surface area contributed by atoms with Crippen LogP contribution in [0.2, 0.25) is 0 Å². The molecule has 1 aromatic carbocycles. The zero-order valence-corrected chi connectivity index (χ0v) is 18.6. The monoisotopic (exact) mass is 414 g/mol. The van der Waals surface area contributed by atoms with Gasteiger partial charge in [0.15, 0.2) is 0 Å². The van der Waals surface area contributed by atoms with Crippen molar-refractivity contribution in [3.05, 3.63) is 35.9 Å². The molecule has 2 aliphatic rings. The summed E-state index contributed by atoms with van der Waals surface area (Å²) in [5.74, 6) is -0.403. The minimum absolute atomic E-state index is 0.00705. The molecular formula is C23H34N4O3. The Kier molecular flexibility index (Phi) is 6.50. The van der Waals surface area contributed by atoms with Crippen LogP contribution < -0.4 is 5.32 Å². The number of carbonyl (C=O) groups is 3. The Morgan fingerprint density at radius 3 is 2.23 bits per heavy atom. The first-order valence-corrected chi connectivity index (χ1v) is 10.7. The molecular weight excluding hydrogens is 380 g/mol. The maximum Gasteiger partial charge on any atom is 0.241 e. The average Bonchev–Trinajstić information content (AvgIpc) is 3.01. The highest BCUT2D eigenvalue weighted by atomic mass is 16.2. The molecule has 164 valence electrons. The number of hydrogen-bond donors (Lipinski definition) is 1. The Morgan fingerprint density at radius 2 is 1.67 bits per heavy atom. The van der Waals surface area contributed by atoms with Gasteiger partial charge in [0, 0.05) is 32.6 Å². The van der Waals surface area contributed by atoms with Crippen LogP contribution in [0.5, 0.6) is 0 Å². The summed E-state index contributed by atoms with van der Waals surface area (Å²) in [7, 11) is 7.57. The zero-order chi connectivity index (χ0) is 21.9. The maximum atomic E-state index is 12.7. The van der Waals surface area contributed by atoms with Gasteiger partial charge in [0.05, 0.1) is 13.1 Å². The van der Waals surface area contributed by atoms with Gasteiger partial charge in [-0.3, -0.25) is 19.3 Å². The SMILES string of the molecule is CN(C)C(=O)CNC(=O)CN1CC2(CCC(c3ccccc3)(N(C)C)CC2)CC1=O. The largest absolute Gasteiger partial charge is 0.347 e. The number of likely N-dealkylation sites (N-methyl/N-ethyl adjacent to an activating group) is 1. The lowest BCUT2D eigenvalue weighted by molar-refractivity contribution is -0.134. The lowest BCUT2D eigenvalue weighted by Crippen LogP contribution is -2.47. The number of amides is 3. The van der Waals surface area contributed by atoms with Crippen LogP contribution in [0.15, 0.2) is 30.3 Å². The third kappa shape index (κ3) is 4.51. The fraction of sp³-hybridized carbons (Fsp3) is 0.609. The molecule has 7 nitrogen and oxygen atoms in total. The Bertz CT molecular complexity index is 783. The van der Waals surface area contributed by atoms with Gasteiger partial charge in [-0.25, -0.2) is 0 Å². The molecule has 3 rings (SSSR count). The van der Waals surface area contributed by atoms with E-state index in [1.54, 1.807) is 19.0 Å². The Labute approximate surface area is 179 Å². The Hall–Kier alpha value is -2.41. The highest BCUT2D eigenvalue weighted by Crippen LogP contribution is 2.51. The van der Waals surface area contributed by atoms with E-state index in [9.17, 15) is 14.4 Å². The lowest BCUT2D eigenvalue weighted by atomic mass is 9.64. The molecule has 0 unspecified atom stereocenters. The van der Waals surface area contributed by atoms with Crippen LogP contribution in [-0.2, 0) is 19.9 Å². The van der Waals surface area contributed by atoms with Crippen molar-refractivity contribution in [2.75, 3.05) is 47.8 Å². The summed E-state index contributed by atoms with van der Waals surface area (Å²) < 4.78 is 0. The molecule has 1 saturated heterocycles. The van der Waals surface area contributed by atoms with E-state index in [1.165, 1.54) is 10.5 Å². The summed E-state index contributed by atoms with van der Waals surface area (Å²) in [5, 5.41) is 2.62. The molecule has 1 aromatic rings. The molecule has 0 bridgehead atoms. The summed E-state index contributed by atoms with van der Waals surface area (Å²) in [5.41, 5.74) is 1.27. The number of hydrogen-bond acceptors (Lipinski definition) is 4. The molecule has 0 radical (unpaired) electrons. The molecule has 0 aromatic heterocycles. The molecule has 1 saturated carbocycles. The van der Waals surface area contributed by atoms with Gasteiger partial charge < -0.3 is 15.1 Å². The van der Waals surface area contributed by atoms with Crippen LogP contribution in [0.3, 0.4) is 0 Å². The second-order valence-corrected chi connectivity index (χ2v) is 9.28. The van der Waals surface area contributed by atoms with Crippen molar-refractivity contribution in [3.8, 4) is 0 Å². The van der Waals surface area contributed by atoms with Crippen LogP contribution in [0, 0.1) is 5.41 Å². The minimum atomic E-state index is -0.279. The van der Waals surface area contributed by atoms with Crippen LogP contribution in [0.4, 0.5) is 0 Å². The van der Waals surface area contributed by atoms with E-state index in [0.717, 1.165) is 25.7 Å². The third-order valence-electron chi connectivity index (χ3n) is 6.98. The minimum Gasteiger partial charge on any atom is -0.347 e. The summed E-state index contributed by atoms with van der Waals surface area (Å²) in [6.07, 6.45) is 4.42. The van der Waals surface area contributed by atoms with Crippen LogP contribution in [-0.4, -0.2) is 80.2 Å².